The molecule has 0 radical (unpaired) electrons. The number of hydrogen-bond donors (Lipinski definition) is 0. The predicted molar refractivity (Wildman–Crippen MR) is 81.6 cm³/mol. The smallest absolute Gasteiger partial charge is 0.113 e. The van der Waals surface area contributed by atoms with Crippen LogP contribution in [0.1, 0.15) is 38.5 Å². The van der Waals surface area contributed by atoms with E-state index in [1.807, 2.05) is 6.07 Å². The van der Waals surface area contributed by atoms with Gasteiger partial charge in [-0.25, -0.2) is 4.68 Å². The van der Waals surface area contributed by atoms with Crippen molar-refractivity contribution in [1.29, 1.82) is 0 Å². The fourth-order valence-electron chi connectivity index (χ4n) is 5.58. The summed E-state index contributed by atoms with van der Waals surface area (Å²) in [7, 11) is 0. The highest BCUT2D eigenvalue weighted by atomic mass is 15.5. The minimum Gasteiger partial charge on any atom is -0.246 e. The maximum Gasteiger partial charge on any atom is 0.113 e. The first-order valence-corrected chi connectivity index (χ1v) is 8.29. The van der Waals surface area contributed by atoms with Gasteiger partial charge in [-0.15, -0.1) is 5.10 Å². The Morgan fingerprint density at radius 1 is 0.905 bits per heavy atom. The van der Waals surface area contributed by atoms with Crippen LogP contribution in [0.3, 0.4) is 0 Å². The zero-order valence-corrected chi connectivity index (χ0v) is 12.3. The Bertz CT molecular complexity index is 623. The van der Waals surface area contributed by atoms with Crippen LogP contribution >= 0.6 is 0 Å². The molecular formula is C18H21N3. The van der Waals surface area contributed by atoms with Crippen molar-refractivity contribution in [2.75, 3.05) is 0 Å². The van der Waals surface area contributed by atoms with E-state index in [0.717, 1.165) is 23.4 Å². The van der Waals surface area contributed by atoms with Crippen molar-refractivity contribution in [3.8, 4) is 11.3 Å². The van der Waals surface area contributed by atoms with Crippen molar-refractivity contribution in [3.05, 3.63) is 36.5 Å². The van der Waals surface area contributed by atoms with E-state index in [4.69, 9.17) is 0 Å². The Balaban J connectivity index is 1.52. The van der Waals surface area contributed by atoms with Gasteiger partial charge in [0, 0.05) is 5.56 Å². The summed E-state index contributed by atoms with van der Waals surface area (Å²) in [6, 6.07) is 10.4. The summed E-state index contributed by atoms with van der Waals surface area (Å²) < 4.78 is 2.24. The standard InChI is InChI=1S/C18H21N3/c1-2-4-16(5-3-1)17-12-21(20-19-17)18-9-13-6-14(10-18)8-15(7-13)11-18/h1-5,12-15H,6-11H2. The first-order valence-electron chi connectivity index (χ1n) is 8.29. The van der Waals surface area contributed by atoms with Gasteiger partial charge in [0.1, 0.15) is 5.69 Å². The van der Waals surface area contributed by atoms with E-state index in [-0.39, 0.29) is 5.54 Å². The molecule has 1 aromatic carbocycles. The summed E-state index contributed by atoms with van der Waals surface area (Å²) in [5.41, 5.74) is 2.48. The van der Waals surface area contributed by atoms with Gasteiger partial charge >= 0.3 is 0 Å². The van der Waals surface area contributed by atoms with Gasteiger partial charge in [-0.1, -0.05) is 35.5 Å². The lowest BCUT2D eigenvalue weighted by molar-refractivity contribution is -0.0502. The minimum absolute atomic E-state index is 0.286. The van der Waals surface area contributed by atoms with E-state index in [1.165, 1.54) is 44.1 Å². The second kappa shape index (κ2) is 4.19. The van der Waals surface area contributed by atoms with Crippen LogP contribution in [-0.2, 0) is 5.54 Å². The second-order valence-electron chi connectivity index (χ2n) is 7.56. The maximum absolute atomic E-state index is 4.55. The van der Waals surface area contributed by atoms with E-state index in [1.54, 1.807) is 0 Å². The summed E-state index contributed by atoms with van der Waals surface area (Å²) in [5, 5.41) is 9.01. The third-order valence-electron chi connectivity index (χ3n) is 6.05. The van der Waals surface area contributed by atoms with Gasteiger partial charge in [-0.2, -0.15) is 0 Å². The lowest BCUT2D eigenvalue weighted by atomic mass is 9.53. The van der Waals surface area contributed by atoms with Gasteiger partial charge in [-0.05, 0) is 56.3 Å². The summed E-state index contributed by atoms with van der Waals surface area (Å²) >= 11 is 0. The van der Waals surface area contributed by atoms with E-state index in [2.05, 4.69) is 45.5 Å². The summed E-state index contributed by atoms with van der Waals surface area (Å²) in [6.45, 7) is 0. The fourth-order valence-corrected chi connectivity index (χ4v) is 5.58. The number of hydrogen-bond acceptors (Lipinski definition) is 2. The van der Waals surface area contributed by atoms with Crippen LogP contribution in [-0.4, -0.2) is 15.0 Å². The van der Waals surface area contributed by atoms with Crippen LogP contribution in [0.25, 0.3) is 11.3 Å². The van der Waals surface area contributed by atoms with Crippen molar-refractivity contribution in [2.45, 2.75) is 44.1 Å². The monoisotopic (exact) mass is 279 g/mol. The molecule has 4 aliphatic carbocycles. The highest BCUT2D eigenvalue weighted by Gasteiger charge is 2.52. The molecule has 0 unspecified atom stereocenters. The highest BCUT2D eigenvalue weighted by molar-refractivity contribution is 5.57. The Hall–Kier alpha value is -1.64. The molecule has 0 amide bonds. The Morgan fingerprint density at radius 2 is 1.52 bits per heavy atom. The predicted octanol–water partition coefficient (Wildman–Crippen LogP) is 3.87. The molecule has 1 heterocycles. The SMILES string of the molecule is c1ccc(-c2cn(C34CC5CC(CC(C5)C3)C4)nn2)cc1. The molecule has 0 N–H and O–H groups in total. The van der Waals surface area contributed by atoms with Crippen LogP contribution in [0.5, 0.6) is 0 Å². The molecule has 0 atom stereocenters. The Kier molecular flexibility index (Phi) is 2.38. The highest BCUT2D eigenvalue weighted by Crippen LogP contribution is 2.58. The van der Waals surface area contributed by atoms with E-state index < -0.39 is 0 Å². The van der Waals surface area contributed by atoms with Crippen molar-refractivity contribution in [3.63, 3.8) is 0 Å². The molecule has 6 rings (SSSR count). The van der Waals surface area contributed by atoms with E-state index in [9.17, 15) is 0 Å². The normalized spacial score (nSPS) is 37.0. The number of aromatic nitrogens is 3. The fraction of sp³-hybridized carbons (Fsp3) is 0.556. The molecule has 0 aliphatic heterocycles. The van der Waals surface area contributed by atoms with Gasteiger partial charge < -0.3 is 0 Å². The number of nitrogens with zero attached hydrogens (tertiary/aromatic N) is 3. The van der Waals surface area contributed by atoms with Crippen molar-refractivity contribution in [1.82, 2.24) is 15.0 Å². The lowest BCUT2D eigenvalue weighted by Crippen LogP contribution is -2.52. The average molecular weight is 279 g/mol. The Morgan fingerprint density at radius 3 is 2.14 bits per heavy atom. The molecule has 1 aromatic heterocycles. The van der Waals surface area contributed by atoms with E-state index in [0.29, 0.717) is 0 Å². The third-order valence-corrected chi connectivity index (χ3v) is 6.05. The molecule has 0 saturated heterocycles. The van der Waals surface area contributed by atoms with Crippen LogP contribution in [0.4, 0.5) is 0 Å². The van der Waals surface area contributed by atoms with Gasteiger partial charge in [0.05, 0.1) is 11.7 Å². The van der Waals surface area contributed by atoms with Crippen LogP contribution in [0.15, 0.2) is 36.5 Å². The zero-order valence-electron chi connectivity index (χ0n) is 12.3. The van der Waals surface area contributed by atoms with Gasteiger partial charge in [0.2, 0.25) is 0 Å². The quantitative estimate of drug-likeness (QED) is 0.835. The zero-order chi connectivity index (χ0) is 13.9. The summed E-state index contributed by atoms with van der Waals surface area (Å²) in [6.07, 6.45) is 10.6. The van der Waals surface area contributed by atoms with Crippen molar-refractivity contribution >= 4 is 0 Å². The first-order chi connectivity index (χ1) is 10.3. The van der Waals surface area contributed by atoms with Crippen LogP contribution in [0, 0.1) is 17.8 Å². The van der Waals surface area contributed by atoms with Crippen LogP contribution in [0.2, 0.25) is 0 Å². The Labute approximate surface area is 125 Å². The summed E-state index contributed by atoms with van der Waals surface area (Å²) in [4.78, 5) is 0. The summed E-state index contributed by atoms with van der Waals surface area (Å²) in [5.74, 6) is 2.84. The number of benzene rings is 1. The van der Waals surface area contributed by atoms with Crippen LogP contribution < -0.4 is 0 Å². The van der Waals surface area contributed by atoms with Gasteiger partial charge in [0.15, 0.2) is 0 Å². The molecule has 4 saturated carbocycles. The molecule has 3 heteroatoms. The molecule has 4 aliphatic rings. The number of rotatable bonds is 2. The van der Waals surface area contributed by atoms with Crippen molar-refractivity contribution < 1.29 is 0 Å². The van der Waals surface area contributed by atoms with Gasteiger partial charge in [0.25, 0.3) is 0 Å². The largest absolute Gasteiger partial charge is 0.246 e. The topological polar surface area (TPSA) is 30.7 Å². The maximum atomic E-state index is 4.55. The minimum atomic E-state index is 0.286. The second-order valence-corrected chi connectivity index (χ2v) is 7.56. The van der Waals surface area contributed by atoms with Gasteiger partial charge in [-0.3, -0.25) is 0 Å². The van der Waals surface area contributed by atoms with E-state index >= 15 is 0 Å². The first kappa shape index (κ1) is 12.0. The third kappa shape index (κ3) is 1.79. The molecule has 108 valence electrons. The molecule has 0 spiro atoms. The molecule has 2 aromatic rings. The molecule has 3 nitrogen and oxygen atoms in total. The molecule has 4 fully saturated rings. The average Bonchev–Trinajstić information content (AvgIpc) is 2.97. The molecular weight excluding hydrogens is 258 g/mol. The molecule has 4 bridgehead atoms. The lowest BCUT2D eigenvalue weighted by Gasteiger charge is -2.56. The molecule has 21 heavy (non-hydrogen) atoms. The van der Waals surface area contributed by atoms with Crippen molar-refractivity contribution in [2.24, 2.45) is 17.8 Å².